The average molecular weight is 236 g/mol. The molecule has 1 N–H and O–H groups in total. The smallest absolute Gasteiger partial charge is 0.253 e. The topological polar surface area (TPSA) is 75.7 Å². The standard InChI is InChI=1S/C12H16N2O3/c1-2-12(14(16)17)11(13-15)9-8-10-6-4-3-5-7-10/h3-7,12,15H,2,8-9H2,1H3/b13-11-. The number of hydrogen-bond acceptors (Lipinski definition) is 4. The fourth-order valence-electron chi connectivity index (χ4n) is 1.71. The van der Waals surface area contributed by atoms with Gasteiger partial charge >= 0.3 is 0 Å². The maximum absolute atomic E-state index is 10.8. The normalized spacial score (nSPS) is 13.4. The van der Waals surface area contributed by atoms with Crippen LogP contribution >= 0.6 is 0 Å². The van der Waals surface area contributed by atoms with Crippen LogP contribution in [-0.4, -0.2) is 21.9 Å². The first-order valence-electron chi connectivity index (χ1n) is 5.57. The van der Waals surface area contributed by atoms with Crippen LogP contribution in [-0.2, 0) is 6.42 Å². The Labute approximate surface area is 99.9 Å². The summed E-state index contributed by atoms with van der Waals surface area (Å²) in [5, 5.41) is 22.7. The molecular weight excluding hydrogens is 220 g/mol. The monoisotopic (exact) mass is 236 g/mol. The zero-order valence-corrected chi connectivity index (χ0v) is 9.74. The zero-order valence-electron chi connectivity index (χ0n) is 9.74. The van der Waals surface area contributed by atoms with E-state index in [-0.39, 0.29) is 5.71 Å². The van der Waals surface area contributed by atoms with E-state index in [9.17, 15) is 10.1 Å². The minimum Gasteiger partial charge on any atom is -0.411 e. The molecule has 17 heavy (non-hydrogen) atoms. The molecular formula is C12H16N2O3. The van der Waals surface area contributed by atoms with Gasteiger partial charge in [0.2, 0.25) is 0 Å². The third-order valence-corrected chi connectivity index (χ3v) is 2.67. The molecule has 0 aliphatic carbocycles. The molecule has 1 atom stereocenters. The third-order valence-electron chi connectivity index (χ3n) is 2.67. The van der Waals surface area contributed by atoms with Gasteiger partial charge in [-0.3, -0.25) is 10.1 Å². The molecule has 1 unspecified atom stereocenters. The van der Waals surface area contributed by atoms with Gasteiger partial charge in [0.25, 0.3) is 6.04 Å². The van der Waals surface area contributed by atoms with Gasteiger partial charge in [0, 0.05) is 17.8 Å². The highest BCUT2D eigenvalue weighted by Crippen LogP contribution is 2.09. The van der Waals surface area contributed by atoms with Gasteiger partial charge in [0.15, 0.2) is 0 Å². The van der Waals surface area contributed by atoms with Crippen LogP contribution in [0.1, 0.15) is 25.3 Å². The van der Waals surface area contributed by atoms with Crippen molar-refractivity contribution < 1.29 is 10.1 Å². The van der Waals surface area contributed by atoms with Crippen molar-refractivity contribution in [3.63, 3.8) is 0 Å². The second kappa shape index (κ2) is 6.62. The largest absolute Gasteiger partial charge is 0.411 e. The van der Waals surface area contributed by atoms with E-state index < -0.39 is 11.0 Å². The number of hydrogen-bond donors (Lipinski definition) is 1. The molecule has 0 aliphatic rings. The molecule has 0 spiro atoms. The fraction of sp³-hybridized carbons (Fsp3) is 0.417. The Morgan fingerprint density at radius 3 is 2.59 bits per heavy atom. The van der Waals surface area contributed by atoms with Gasteiger partial charge in [-0.15, -0.1) is 0 Å². The molecule has 5 nitrogen and oxygen atoms in total. The summed E-state index contributed by atoms with van der Waals surface area (Å²) in [6.07, 6.45) is 1.38. The average Bonchev–Trinajstić information content (AvgIpc) is 2.35. The lowest BCUT2D eigenvalue weighted by atomic mass is 10.0. The second-order valence-electron chi connectivity index (χ2n) is 3.79. The molecule has 1 rings (SSSR count). The van der Waals surface area contributed by atoms with Crippen LogP contribution < -0.4 is 0 Å². The van der Waals surface area contributed by atoms with Gasteiger partial charge in [0.05, 0.1) is 0 Å². The fourth-order valence-corrected chi connectivity index (χ4v) is 1.71. The first-order chi connectivity index (χ1) is 8.19. The van der Waals surface area contributed by atoms with Crippen LogP contribution in [0.5, 0.6) is 0 Å². The van der Waals surface area contributed by atoms with E-state index in [4.69, 9.17) is 5.21 Å². The predicted molar refractivity (Wildman–Crippen MR) is 65.1 cm³/mol. The van der Waals surface area contributed by atoms with Gasteiger partial charge in [0.1, 0.15) is 5.71 Å². The van der Waals surface area contributed by atoms with Crippen molar-refractivity contribution in [2.45, 2.75) is 32.2 Å². The third kappa shape index (κ3) is 3.86. The van der Waals surface area contributed by atoms with Crippen LogP contribution in [0.3, 0.4) is 0 Å². The molecule has 92 valence electrons. The van der Waals surface area contributed by atoms with E-state index in [1.807, 2.05) is 30.3 Å². The Balaban J connectivity index is 2.62. The highest BCUT2D eigenvalue weighted by Gasteiger charge is 2.25. The Kier molecular flexibility index (Phi) is 5.13. The number of benzene rings is 1. The van der Waals surface area contributed by atoms with Crippen molar-refractivity contribution in [1.29, 1.82) is 0 Å². The lowest BCUT2D eigenvalue weighted by Gasteiger charge is -2.08. The summed E-state index contributed by atoms with van der Waals surface area (Å²) in [6.45, 7) is 1.71. The minimum absolute atomic E-state index is 0.237. The van der Waals surface area contributed by atoms with E-state index in [1.165, 1.54) is 0 Å². The molecule has 0 heterocycles. The lowest BCUT2D eigenvalue weighted by Crippen LogP contribution is -2.29. The Morgan fingerprint density at radius 1 is 1.47 bits per heavy atom. The maximum atomic E-state index is 10.8. The first-order valence-corrected chi connectivity index (χ1v) is 5.57. The maximum Gasteiger partial charge on any atom is 0.253 e. The van der Waals surface area contributed by atoms with Crippen molar-refractivity contribution in [3.8, 4) is 0 Å². The van der Waals surface area contributed by atoms with Crippen LogP contribution in [0.15, 0.2) is 35.5 Å². The van der Waals surface area contributed by atoms with Crippen molar-refractivity contribution >= 4 is 5.71 Å². The summed E-state index contributed by atoms with van der Waals surface area (Å²) in [4.78, 5) is 10.4. The Hall–Kier alpha value is -1.91. The summed E-state index contributed by atoms with van der Waals surface area (Å²) in [6, 6.07) is 8.75. The number of nitro groups is 1. The molecule has 0 saturated heterocycles. The van der Waals surface area contributed by atoms with E-state index in [1.54, 1.807) is 6.92 Å². The summed E-state index contributed by atoms with van der Waals surface area (Å²) < 4.78 is 0. The predicted octanol–water partition coefficient (Wildman–Crippen LogP) is 2.50. The van der Waals surface area contributed by atoms with E-state index >= 15 is 0 Å². The molecule has 1 aromatic carbocycles. The highest BCUT2D eigenvalue weighted by molar-refractivity contribution is 5.88. The quantitative estimate of drug-likeness (QED) is 0.357. The lowest BCUT2D eigenvalue weighted by molar-refractivity contribution is -0.503. The molecule has 0 aliphatic heterocycles. The molecule has 0 bridgehead atoms. The molecule has 5 heteroatoms. The van der Waals surface area contributed by atoms with E-state index in [2.05, 4.69) is 5.16 Å². The van der Waals surface area contributed by atoms with Crippen LogP contribution in [0.4, 0.5) is 0 Å². The SMILES string of the molecule is CCC(/C(CCc1ccccc1)=N\O)[N+](=O)[O-]. The van der Waals surface area contributed by atoms with Gasteiger partial charge in [-0.2, -0.15) is 0 Å². The molecule has 1 aromatic rings. The number of aryl methyl sites for hydroxylation is 1. The van der Waals surface area contributed by atoms with Crippen molar-refractivity contribution in [2.75, 3.05) is 0 Å². The summed E-state index contributed by atoms with van der Waals surface area (Å²) in [5.74, 6) is 0. The number of nitrogens with zero attached hydrogens (tertiary/aromatic N) is 2. The zero-order chi connectivity index (χ0) is 12.7. The summed E-state index contributed by atoms with van der Waals surface area (Å²) in [5.41, 5.74) is 1.31. The van der Waals surface area contributed by atoms with Crippen molar-refractivity contribution in [2.24, 2.45) is 5.16 Å². The molecule has 0 saturated carbocycles. The summed E-state index contributed by atoms with van der Waals surface area (Å²) in [7, 11) is 0. The molecule has 0 radical (unpaired) electrons. The summed E-state index contributed by atoms with van der Waals surface area (Å²) >= 11 is 0. The number of oxime groups is 1. The Morgan fingerprint density at radius 2 is 2.12 bits per heavy atom. The Bertz CT molecular complexity index is 390. The van der Waals surface area contributed by atoms with E-state index in [0.29, 0.717) is 19.3 Å². The first kappa shape index (κ1) is 13.2. The molecule has 0 aromatic heterocycles. The van der Waals surface area contributed by atoms with Crippen LogP contribution in [0.25, 0.3) is 0 Å². The van der Waals surface area contributed by atoms with Gasteiger partial charge in [-0.1, -0.05) is 42.4 Å². The molecule has 0 fully saturated rings. The van der Waals surface area contributed by atoms with Crippen molar-refractivity contribution in [1.82, 2.24) is 0 Å². The number of rotatable bonds is 6. The van der Waals surface area contributed by atoms with E-state index in [0.717, 1.165) is 5.56 Å². The van der Waals surface area contributed by atoms with Gasteiger partial charge in [-0.25, -0.2) is 0 Å². The second-order valence-corrected chi connectivity index (χ2v) is 3.79. The van der Waals surface area contributed by atoms with Crippen LogP contribution in [0.2, 0.25) is 0 Å². The molecule has 0 amide bonds. The minimum atomic E-state index is -0.885. The highest BCUT2D eigenvalue weighted by atomic mass is 16.6. The van der Waals surface area contributed by atoms with Crippen molar-refractivity contribution in [3.05, 3.63) is 46.0 Å². The van der Waals surface area contributed by atoms with Gasteiger partial charge < -0.3 is 5.21 Å². The van der Waals surface area contributed by atoms with Gasteiger partial charge in [-0.05, 0) is 12.0 Å². The van der Waals surface area contributed by atoms with Crippen LogP contribution in [0, 0.1) is 10.1 Å².